The zero-order valence-electron chi connectivity index (χ0n) is 13.2. The highest BCUT2D eigenvalue weighted by Gasteiger charge is 2.54. The molecule has 0 fully saturated rings. The van der Waals surface area contributed by atoms with Crippen LogP contribution in [0, 0.1) is 0 Å². The summed E-state index contributed by atoms with van der Waals surface area (Å²) in [5, 5.41) is 0.206. The Morgan fingerprint density at radius 3 is 2.13 bits per heavy atom. The van der Waals surface area contributed by atoms with Gasteiger partial charge in [-0.15, -0.1) is 0 Å². The van der Waals surface area contributed by atoms with Crippen LogP contribution in [0.3, 0.4) is 0 Å². The highest BCUT2D eigenvalue weighted by Crippen LogP contribution is 2.68. The van der Waals surface area contributed by atoms with E-state index in [2.05, 4.69) is 0 Å². The second-order valence-electron chi connectivity index (χ2n) is 4.38. The van der Waals surface area contributed by atoms with Crippen molar-refractivity contribution < 1.29 is 22.4 Å². The summed E-state index contributed by atoms with van der Waals surface area (Å²) >= 11 is 6.37. The quantitative estimate of drug-likeness (QED) is 0.452. The van der Waals surface area contributed by atoms with Crippen molar-refractivity contribution in [3.63, 3.8) is 0 Å². The van der Waals surface area contributed by atoms with Crippen LogP contribution in [0.2, 0.25) is 0 Å². The van der Waals surface area contributed by atoms with Gasteiger partial charge in [-0.2, -0.15) is 8.78 Å². The third kappa shape index (κ3) is 5.30. The van der Waals surface area contributed by atoms with Crippen LogP contribution in [0.5, 0.6) is 0 Å². The van der Waals surface area contributed by atoms with Crippen molar-refractivity contribution >= 4 is 36.0 Å². The number of allylic oxidation sites excluding steroid dienone is 1. The molecule has 0 aliphatic heterocycles. The predicted octanol–water partition coefficient (Wildman–Crippen LogP) is 6.55. The molecule has 0 heterocycles. The van der Waals surface area contributed by atoms with E-state index in [4.69, 9.17) is 20.6 Å². The van der Waals surface area contributed by atoms with Crippen LogP contribution in [0.1, 0.15) is 32.8 Å². The number of halogens is 3. The summed E-state index contributed by atoms with van der Waals surface area (Å²) in [6, 6.07) is 8.78. The summed E-state index contributed by atoms with van der Waals surface area (Å²) in [5.74, 6) is 0. The molecule has 0 spiro atoms. The monoisotopic (exact) mass is 384 g/mol. The van der Waals surface area contributed by atoms with Gasteiger partial charge in [0.2, 0.25) is 0 Å². The lowest BCUT2D eigenvalue weighted by molar-refractivity contribution is 0.112. The number of alkyl halides is 2. The molecular weight excluding hydrogens is 365 g/mol. The maximum atomic E-state index is 14.5. The minimum Gasteiger partial charge on any atom is -0.304 e. The molecule has 0 bridgehead atoms. The van der Waals surface area contributed by atoms with Crippen molar-refractivity contribution in [3.05, 3.63) is 40.8 Å². The van der Waals surface area contributed by atoms with E-state index < -0.39 is 12.6 Å². The lowest BCUT2D eigenvalue weighted by Crippen LogP contribution is -2.16. The first-order valence-corrected chi connectivity index (χ1v) is 9.95. The van der Waals surface area contributed by atoms with Gasteiger partial charge in [0.05, 0.1) is 18.2 Å². The lowest BCUT2D eigenvalue weighted by atomic mass is 10.2. The molecule has 0 aliphatic rings. The number of thioether (sulfide) groups is 1. The minimum absolute atomic E-state index is 0.134. The van der Waals surface area contributed by atoms with E-state index in [0.717, 1.165) is 0 Å². The van der Waals surface area contributed by atoms with E-state index in [9.17, 15) is 13.3 Å². The molecule has 1 aromatic carbocycles. The first-order chi connectivity index (χ1) is 10.8. The molecule has 0 atom stereocenters. The molecule has 0 saturated carbocycles. The Labute approximate surface area is 144 Å². The van der Waals surface area contributed by atoms with Gasteiger partial charge >= 0.3 is 12.6 Å². The predicted molar refractivity (Wildman–Crippen MR) is 92.9 cm³/mol. The molecule has 1 rings (SSSR count). The summed E-state index contributed by atoms with van der Waals surface area (Å²) in [6.07, 6.45) is 0.270. The molecule has 0 amide bonds. The Balaban J connectivity index is 3.15. The minimum atomic E-state index is -4.58. The Kier molecular flexibility index (Phi) is 8.25. The first kappa shape index (κ1) is 20.7. The maximum Gasteiger partial charge on any atom is 0.410 e. The summed E-state index contributed by atoms with van der Waals surface area (Å²) in [7, 11) is -4.58. The SMILES string of the molecule is CCOP(=O)(OCC)C(F)(F)S/C(CC)=C(/Cl)c1ccccc1. The van der Waals surface area contributed by atoms with Gasteiger partial charge in [0.25, 0.3) is 0 Å². The number of rotatable bonds is 9. The molecule has 0 aliphatic carbocycles. The highest BCUT2D eigenvalue weighted by molar-refractivity contribution is 8.09. The van der Waals surface area contributed by atoms with Gasteiger partial charge in [-0.1, -0.05) is 48.9 Å². The molecule has 8 heteroatoms. The second-order valence-corrected chi connectivity index (χ2v) is 8.34. The summed E-state index contributed by atoms with van der Waals surface area (Å²) in [4.78, 5) is -3.50. The Bertz CT molecular complexity index is 571. The van der Waals surface area contributed by atoms with Crippen molar-refractivity contribution in [1.82, 2.24) is 0 Å². The molecule has 0 N–H and O–H groups in total. The fourth-order valence-corrected chi connectivity index (χ4v) is 4.92. The van der Waals surface area contributed by atoms with E-state index in [1.54, 1.807) is 37.3 Å². The molecule has 3 nitrogen and oxygen atoms in total. The third-order valence-corrected chi connectivity index (χ3v) is 7.08. The molecular formula is C15H20ClF2O3PS. The average molecular weight is 385 g/mol. The lowest BCUT2D eigenvalue weighted by Gasteiger charge is -2.26. The Morgan fingerprint density at radius 1 is 1.17 bits per heavy atom. The van der Waals surface area contributed by atoms with Crippen molar-refractivity contribution in [1.29, 1.82) is 0 Å². The Hall–Kier alpha value is -0.390. The van der Waals surface area contributed by atoms with Gasteiger partial charge in [0.15, 0.2) is 0 Å². The molecule has 130 valence electrons. The van der Waals surface area contributed by atoms with E-state index in [-0.39, 0.29) is 41.3 Å². The van der Waals surface area contributed by atoms with E-state index >= 15 is 0 Å². The van der Waals surface area contributed by atoms with Gasteiger partial charge in [0.1, 0.15) is 0 Å². The standard InChI is InChI=1S/C15H20ClF2O3PS/c1-4-13(14(16)12-10-8-7-9-11-12)23-15(17,18)22(19,20-5-2)21-6-3/h7-11H,4-6H2,1-3H3/b14-13+. The molecule has 0 unspecified atom stereocenters. The number of hydrogen-bond acceptors (Lipinski definition) is 4. The summed E-state index contributed by atoms with van der Waals surface area (Å²) in [5.41, 5.74) is 0.622. The van der Waals surface area contributed by atoms with Gasteiger partial charge < -0.3 is 9.05 Å². The van der Waals surface area contributed by atoms with Gasteiger partial charge in [-0.3, -0.25) is 4.57 Å². The Morgan fingerprint density at radius 2 is 1.70 bits per heavy atom. The normalized spacial score (nSPS) is 13.8. The number of benzene rings is 1. The van der Waals surface area contributed by atoms with E-state index in [1.165, 1.54) is 13.8 Å². The van der Waals surface area contributed by atoms with Crippen molar-refractivity contribution in [3.8, 4) is 0 Å². The fourth-order valence-electron chi connectivity index (χ4n) is 1.75. The van der Waals surface area contributed by atoms with Crippen LogP contribution in [0.4, 0.5) is 8.78 Å². The summed E-state index contributed by atoms with van der Waals surface area (Å²) in [6.45, 7) is 4.41. The smallest absolute Gasteiger partial charge is 0.304 e. The highest BCUT2D eigenvalue weighted by atomic mass is 35.5. The fraction of sp³-hybridized carbons (Fsp3) is 0.467. The molecule has 0 saturated heterocycles. The van der Waals surface area contributed by atoms with Crippen LogP contribution >= 0.6 is 31.0 Å². The van der Waals surface area contributed by atoms with Crippen LogP contribution in [0.15, 0.2) is 35.2 Å². The van der Waals surface area contributed by atoms with E-state index in [1.807, 2.05) is 0 Å². The first-order valence-electron chi connectivity index (χ1n) is 7.21. The van der Waals surface area contributed by atoms with Gasteiger partial charge in [-0.25, -0.2) is 0 Å². The van der Waals surface area contributed by atoms with Crippen LogP contribution in [-0.4, -0.2) is 18.2 Å². The van der Waals surface area contributed by atoms with Crippen LogP contribution in [0.25, 0.3) is 5.03 Å². The van der Waals surface area contributed by atoms with Crippen molar-refractivity contribution in [2.24, 2.45) is 0 Å². The van der Waals surface area contributed by atoms with Crippen LogP contribution in [-0.2, 0) is 13.6 Å². The van der Waals surface area contributed by atoms with Crippen molar-refractivity contribution in [2.75, 3.05) is 13.2 Å². The molecule has 0 radical (unpaired) electrons. The van der Waals surface area contributed by atoms with Gasteiger partial charge in [0, 0.05) is 4.91 Å². The zero-order valence-corrected chi connectivity index (χ0v) is 15.7. The maximum absolute atomic E-state index is 14.5. The van der Waals surface area contributed by atoms with Crippen molar-refractivity contribution in [2.45, 2.75) is 32.2 Å². The topological polar surface area (TPSA) is 35.5 Å². The molecule has 23 heavy (non-hydrogen) atoms. The van der Waals surface area contributed by atoms with E-state index in [0.29, 0.717) is 5.56 Å². The second kappa shape index (κ2) is 9.19. The number of hydrogen-bond donors (Lipinski definition) is 0. The summed E-state index contributed by atoms with van der Waals surface area (Å²) < 4.78 is 50.9. The molecule has 0 aromatic heterocycles. The largest absolute Gasteiger partial charge is 0.410 e. The van der Waals surface area contributed by atoms with Crippen LogP contribution < -0.4 is 0 Å². The van der Waals surface area contributed by atoms with Gasteiger partial charge in [-0.05, 0) is 37.6 Å². The average Bonchev–Trinajstić information content (AvgIpc) is 2.53. The third-order valence-electron chi connectivity index (χ3n) is 2.76. The zero-order chi connectivity index (χ0) is 17.5. The molecule has 1 aromatic rings.